The highest BCUT2D eigenvalue weighted by molar-refractivity contribution is 5.95. The Bertz CT molecular complexity index is 763. The third kappa shape index (κ3) is 7.28. The summed E-state index contributed by atoms with van der Waals surface area (Å²) in [5, 5.41) is 8.66. The molecule has 2 aromatic carbocycles. The van der Waals surface area contributed by atoms with Crippen LogP contribution in [0.3, 0.4) is 0 Å². The molecule has 0 spiro atoms. The smallest absolute Gasteiger partial charge is 0.243 e. The number of amides is 2. The van der Waals surface area contributed by atoms with Crippen molar-refractivity contribution in [3.63, 3.8) is 0 Å². The Hall–Kier alpha value is -3.06. The molecule has 7 heteroatoms. The second kappa shape index (κ2) is 11.6. The molecular weight excluding hydrogens is 358 g/mol. The summed E-state index contributed by atoms with van der Waals surface area (Å²) in [5.41, 5.74) is 2.09. The summed E-state index contributed by atoms with van der Waals surface area (Å²) in [4.78, 5) is 23.6. The fourth-order valence-corrected chi connectivity index (χ4v) is 2.36. The molecule has 0 heterocycles. The molecule has 0 aliphatic carbocycles. The largest absolute Gasteiger partial charge is 0.489 e. The first-order chi connectivity index (χ1) is 13.6. The predicted molar refractivity (Wildman–Crippen MR) is 111 cm³/mol. The SMILES string of the molecule is CCOCCOc1ccccc1NCC(=O)Nc1ccc(NC(=O)CC)cc1. The highest BCUT2D eigenvalue weighted by Gasteiger charge is 2.07. The first kappa shape index (κ1) is 21.2. The summed E-state index contributed by atoms with van der Waals surface area (Å²) in [5.74, 6) is 0.434. The lowest BCUT2D eigenvalue weighted by Gasteiger charge is -2.13. The van der Waals surface area contributed by atoms with Gasteiger partial charge < -0.3 is 25.4 Å². The standard InChI is InChI=1S/C21H27N3O4/c1-3-20(25)23-16-9-11-17(12-10-16)24-21(26)15-22-18-7-5-6-8-19(18)28-14-13-27-4-2/h5-12,22H,3-4,13-15H2,1-2H3,(H,23,25)(H,24,26). The van der Waals surface area contributed by atoms with Crippen molar-refractivity contribution < 1.29 is 19.1 Å². The minimum atomic E-state index is -0.186. The van der Waals surface area contributed by atoms with Crippen LogP contribution in [0.25, 0.3) is 0 Å². The van der Waals surface area contributed by atoms with Crippen LogP contribution in [0.15, 0.2) is 48.5 Å². The van der Waals surface area contributed by atoms with E-state index in [0.29, 0.717) is 43.4 Å². The molecule has 2 rings (SSSR count). The van der Waals surface area contributed by atoms with Crippen LogP contribution in [-0.4, -0.2) is 38.2 Å². The van der Waals surface area contributed by atoms with E-state index in [1.165, 1.54) is 0 Å². The van der Waals surface area contributed by atoms with Crippen LogP contribution >= 0.6 is 0 Å². The Morgan fingerprint density at radius 2 is 1.50 bits per heavy atom. The molecule has 0 aliphatic heterocycles. The molecular formula is C21H27N3O4. The van der Waals surface area contributed by atoms with E-state index in [4.69, 9.17) is 9.47 Å². The van der Waals surface area contributed by atoms with Crippen molar-refractivity contribution in [3.05, 3.63) is 48.5 Å². The van der Waals surface area contributed by atoms with E-state index in [1.54, 1.807) is 31.2 Å². The molecule has 7 nitrogen and oxygen atoms in total. The quantitative estimate of drug-likeness (QED) is 0.515. The van der Waals surface area contributed by atoms with Gasteiger partial charge >= 0.3 is 0 Å². The number of hydrogen-bond donors (Lipinski definition) is 3. The van der Waals surface area contributed by atoms with Crippen molar-refractivity contribution >= 4 is 28.9 Å². The van der Waals surface area contributed by atoms with Crippen molar-refractivity contribution in [1.29, 1.82) is 0 Å². The lowest BCUT2D eigenvalue weighted by molar-refractivity contribution is -0.116. The van der Waals surface area contributed by atoms with E-state index in [9.17, 15) is 9.59 Å². The zero-order chi connectivity index (χ0) is 20.2. The maximum atomic E-state index is 12.2. The Morgan fingerprint density at radius 3 is 2.14 bits per heavy atom. The monoisotopic (exact) mass is 385 g/mol. The number of ether oxygens (including phenoxy) is 2. The van der Waals surface area contributed by atoms with E-state index in [2.05, 4.69) is 16.0 Å². The molecule has 0 saturated carbocycles. The Morgan fingerprint density at radius 1 is 0.857 bits per heavy atom. The minimum absolute atomic E-state index is 0.0527. The van der Waals surface area contributed by atoms with Crippen LogP contribution < -0.4 is 20.7 Å². The molecule has 3 N–H and O–H groups in total. The predicted octanol–water partition coefficient (Wildman–Crippen LogP) is 3.50. The average molecular weight is 385 g/mol. The molecule has 0 fully saturated rings. The highest BCUT2D eigenvalue weighted by Crippen LogP contribution is 2.23. The van der Waals surface area contributed by atoms with E-state index in [-0.39, 0.29) is 18.4 Å². The van der Waals surface area contributed by atoms with E-state index in [1.807, 2.05) is 31.2 Å². The van der Waals surface area contributed by atoms with Crippen LogP contribution in [0.1, 0.15) is 20.3 Å². The Balaban J connectivity index is 1.83. The van der Waals surface area contributed by atoms with Gasteiger partial charge in [0.1, 0.15) is 12.4 Å². The first-order valence-electron chi connectivity index (χ1n) is 9.35. The molecule has 0 saturated heterocycles. The summed E-state index contributed by atoms with van der Waals surface area (Å²) in [6.07, 6.45) is 0.418. The molecule has 0 bridgehead atoms. The summed E-state index contributed by atoms with van der Waals surface area (Å²) < 4.78 is 11.0. The summed E-state index contributed by atoms with van der Waals surface area (Å²) >= 11 is 0. The van der Waals surface area contributed by atoms with Crippen molar-refractivity contribution in [2.45, 2.75) is 20.3 Å². The minimum Gasteiger partial charge on any atom is -0.489 e. The maximum Gasteiger partial charge on any atom is 0.243 e. The molecule has 2 aromatic rings. The van der Waals surface area contributed by atoms with Gasteiger partial charge in [-0.1, -0.05) is 19.1 Å². The van der Waals surface area contributed by atoms with Crippen molar-refractivity contribution in [2.75, 3.05) is 42.3 Å². The van der Waals surface area contributed by atoms with Crippen LogP contribution in [0.4, 0.5) is 17.1 Å². The zero-order valence-electron chi connectivity index (χ0n) is 16.3. The van der Waals surface area contributed by atoms with Crippen molar-refractivity contribution in [1.82, 2.24) is 0 Å². The third-order valence-corrected chi connectivity index (χ3v) is 3.79. The van der Waals surface area contributed by atoms with Crippen LogP contribution in [0.2, 0.25) is 0 Å². The topological polar surface area (TPSA) is 88.7 Å². The van der Waals surface area contributed by atoms with Crippen molar-refractivity contribution in [3.8, 4) is 5.75 Å². The number of carbonyl (C=O) groups excluding carboxylic acids is 2. The number of hydrogen-bond acceptors (Lipinski definition) is 5. The lowest BCUT2D eigenvalue weighted by atomic mass is 10.2. The fraction of sp³-hybridized carbons (Fsp3) is 0.333. The third-order valence-electron chi connectivity index (χ3n) is 3.79. The van der Waals surface area contributed by atoms with Gasteiger partial charge in [0.25, 0.3) is 0 Å². The van der Waals surface area contributed by atoms with Crippen molar-refractivity contribution in [2.24, 2.45) is 0 Å². The first-order valence-corrected chi connectivity index (χ1v) is 9.35. The van der Waals surface area contributed by atoms with Gasteiger partial charge in [-0.05, 0) is 43.3 Å². The van der Waals surface area contributed by atoms with Gasteiger partial charge in [-0.15, -0.1) is 0 Å². The Kier molecular flexibility index (Phi) is 8.81. The van der Waals surface area contributed by atoms with Gasteiger partial charge in [-0.25, -0.2) is 0 Å². The number of benzene rings is 2. The zero-order valence-corrected chi connectivity index (χ0v) is 16.3. The van der Waals surface area contributed by atoms with E-state index >= 15 is 0 Å². The van der Waals surface area contributed by atoms with Gasteiger partial charge in [0.2, 0.25) is 11.8 Å². The van der Waals surface area contributed by atoms with Gasteiger partial charge in [0, 0.05) is 24.4 Å². The average Bonchev–Trinajstić information content (AvgIpc) is 2.71. The van der Waals surface area contributed by atoms with Crippen LogP contribution in [0, 0.1) is 0 Å². The molecule has 0 aromatic heterocycles. The Labute approximate surface area is 165 Å². The number of nitrogens with one attached hydrogen (secondary N) is 3. The molecule has 0 radical (unpaired) electrons. The van der Waals surface area contributed by atoms with E-state index < -0.39 is 0 Å². The highest BCUT2D eigenvalue weighted by atomic mass is 16.5. The number of rotatable bonds is 11. The van der Waals surface area contributed by atoms with Crippen LogP contribution in [-0.2, 0) is 14.3 Å². The second-order valence-corrected chi connectivity index (χ2v) is 5.92. The summed E-state index contributed by atoms with van der Waals surface area (Å²) in [6, 6.07) is 14.4. The summed E-state index contributed by atoms with van der Waals surface area (Å²) in [6.45, 7) is 5.43. The molecule has 0 aliphatic rings. The number of anilines is 3. The molecule has 0 unspecified atom stereocenters. The lowest BCUT2D eigenvalue weighted by Crippen LogP contribution is -2.22. The fourth-order valence-electron chi connectivity index (χ4n) is 2.36. The molecule has 150 valence electrons. The second-order valence-electron chi connectivity index (χ2n) is 5.92. The van der Waals surface area contributed by atoms with Gasteiger partial charge in [-0.2, -0.15) is 0 Å². The molecule has 0 atom stereocenters. The van der Waals surface area contributed by atoms with Gasteiger partial charge in [0.15, 0.2) is 0 Å². The molecule has 28 heavy (non-hydrogen) atoms. The molecule has 2 amide bonds. The number of para-hydroxylation sites is 2. The van der Waals surface area contributed by atoms with E-state index in [0.717, 1.165) is 5.69 Å². The maximum absolute atomic E-state index is 12.2. The summed E-state index contributed by atoms with van der Waals surface area (Å²) in [7, 11) is 0. The van der Waals surface area contributed by atoms with Crippen LogP contribution in [0.5, 0.6) is 5.75 Å². The normalized spacial score (nSPS) is 10.2. The van der Waals surface area contributed by atoms with Gasteiger partial charge in [-0.3, -0.25) is 9.59 Å². The van der Waals surface area contributed by atoms with Gasteiger partial charge in [0.05, 0.1) is 18.8 Å². The number of carbonyl (C=O) groups is 2.